The van der Waals surface area contributed by atoms with Gasteiger partial charge in [0.2, 0.25) is 0 Å². The van der Waals surface area contributed by atoms with Crippen LogP contribution in [0.15, 0.2) is 28.2 Å². The number of allylic oxidation sites excluding steroid dienone is 1. The van der Waals surface area contributed by atoms with Crippen molar-refractivity contribution < 1.29 is 13.9 Å². The highest BCUT2D eigenvalue weighted by molar-refractivity contribution is 9.10. The van der Waals surface area contributed by atoms with Crippen molar-refractivity contribution in [1.29, 1.82) is 0 Å². The number of carbonyl (C=O) groups excluding carboxylic acids is 1. The second-order valence-corrected chi connectivity index (χ2v) is 4.72. The topological polar surface area (TPSA) is 26.3 Å². The molecule has 0 amide bonds. The molecule has 1 aromatic carbocycles. The molecule has 0 aliphatic rings. The lowest BCUT2D eigenvalue weighted by molar-refractivity contribution is -0.138. The molecular formula is C14H16BrFO2. The summed E-state index contributed by atoms with van der Waals surface area (Å²) in [6.07, 6.45) is 0.567. The average Bonchev–Trinajstić information content (AvgIpc) is 2.34. The van der Waals surface area contributed by atoms with Crippen molar-refractivity contribution in [3.05, 3.63) is 39.6 Å². The molecule has 0 saturated carbocycles. The summed E-state index contributed by atoms with van der Waals surface area (Å²) in [4.78, 5) is 11.7. The Bertz CT molecular complexity index is 481. The van der Waals surface area contributed by atoms with E-state index in [4.69, 9.17) is 4.74 Å². The van der Waals surface area contributed by atoms with Gasteiger partial charge in [-0.2, -0.15) is 0 Å². The lowest BCUT2D eigenvalue weighted by Crippen LogP contribution is -2.08. The molecule has 0 fully saturated rings. The Hall–Kier alpha value is -1.16. The van der Waals surface area contributed by atoms with Gasteiger partial charge in [0.25, 0.3) is 0 Å². The minimum Gasteiger partial charge on any atom is -0.463 e. The fraction of sp³-hybridized carbons (Fsp3) is 0.357. The van der Waals surface area contributed by atoms with Crippen LogP contribution < -0.4 is 0 Å². The minimum absolute atomic E-state index is 0.314. The van der Waals surface area contributed by atoms with Gasteiger partial charge in [0.05, 0.1) is 6.61 Å². The Morgan fingerprint density at radius 1 is 1.39 bits per heavy atom. The molecule has 0 bridgehead atoms. The number of carbonyl (C=O) groups is 1. The predicted octanol–water partition coefficient (Wildman–Crippen LogP) is 4.33. The maximum absolute atomic E-state index is 13.8. The number of hydrogen-bond acceptors (Lipinski definition) is 2. The van der Waals surface area contributed by atoms with Crippen LogP contribution in [0.1, 0.15) is 32.8 Å². The van der Waals surface area contributed by atoms with Gasteiger partial charge in [-0.1, -0.05) is 22.9 Å². The van der Waals surface area contributed by atoms with Crippen molar-refractivity contribution >= 4 is 27.5 Å². The van der Waals surface area contributed by atoms with Crippen LogP contribution in [0.5, 0.6) is 0 Å². The van der Waals surface area contributed by atoms with Crippen LogP contribution in [0.25, 0.3) is 5.57 Å². The largest absolute Gasteiger partial charge is 0.463 e. The molecule has 0 N–H and O–H groups in total. The molecule has 0 aliphatic heterocycles. The zero-order valence-corrected chi connectivity index (χ0v) is 12.3. The number of rotatable bonds is 4. The lowest BCUT2D eigenvalue weighted by atomic mass is 9.98. The van der Waals surface area contributed by atoms with Crippen molar-refractivity contribution in [2.24, 2.45) is 0 Å². The van der Waals surface area contributed by atoms with E-state index < -0.39 is 5.97 Å². The van der Waals surface area contributed by atoms with Gasteiger partial charge in [-0.05, 0) is 44.0 Å². The summed E-state index contributed by atoms with van der Waals surface area (Å²) in [5.41, 5.74) is 1.57. The number of halogens is 2. The molecule has 18 heavy (non-hydrogen) atoms. The summed E-state index contributed by atoms with van der Waals surface area (Å²) in [6, 6.07) is 4.69. The van der Waals surface area contributed by atoms with Crippen molar-refractivity contribution in [3.8, 4) is 0 Å². The molecule has 0 radical (unpaired) electrons. The maximum atomic E-state index is 13.8. The highest BCUT2D eigenvalue weighted by Gasteiger charge is 2.15. The van der Waals surface area contributed by atoms with E-state index in [1.807, 2.05) is 6.92 Å². The fourth-order valence-electron chi connectivity index (χ4n) is 1.75. The predicted molar refractivity (Wildman–Crippen MR) is 73.6 cm³/mol. The third-order valence-electron chi connectivity index (χ3n) is 2.64. The quantitative estimate of drug-likeness (QED) is 0.610. The third-order valence-corrected chi connectivity index (χ3v) is 3.13. The van der Waals surface area contributed by atoms with E-state index in [0.29, 0.717) is 29.7 Å². The Morgan fingerprint density at radius 2 is 2.06 bits per heavy atom. The van der Waals surface area contributed by atoms with E-state index in [1.165, 1.54) is 6.07 Å². The van der Waals surface area contributed by atoms with E-state index in [9.17, 15) is 9.18 Å². The summed E-state index contributed by atoms with van der Waals surface area (Å²) in [5.74, 6) is -0.729. The van der Waals surface area contributed by atoms with Crippen molar-refractivity contribution in [3.63, 3.8) is 0 Å². The van der Waals surface area contributed by atoms with Gasteiger partial charge in [-0.3, -0.25) is 0 Å². The van der Waals surface area contributed by atoms with Gasteiger partial charge in [-0.15, -0.1) is 0 Å². The first-order valence-electron chi connectivity index (χ1n) is 5.83. The standard InChI is InChI=1S/C14H16BrFO2/c1-4-11(9(3)14(17)18-5-2)12-8-10(15)6-7-13(12)16/h6-8H,4-5H2,1-3H3/b11-9-. The molecule has 0 unspecified atom stereocenters. The Morgan fingerprint density at radius 3 is 2.61 bits per heavy atom. The zero-order chi connectivity index (χ0) is 13.7. The number of benzene rings is 1. The molecule has 1 rings (SSSR count). The van der Waals surface area contributed by atoms with E-state index in [1.54, 1.807) is 26.0 Å². The van der Waals surface area contributed by atoms with Crippen molar-refractivity contribution in [2.75, 3.05) is 6.61 Å². The summed E-state index contributed by atoms with van der Waals surface area (Å²) in [5, 5.41) is 0. The lowest BCUT2D eigenvalue weighted by Gasteiger charge is -2.11. The maximum Gasteiger partial charge on any atom is 0.333 e. The highest BCUT2D eigenvalue weighted by Crippen LogP contribution is 2.28. The van der Waals surface area contributed by atoms with Gasteiger partial charge >= 0.3 is 5.97 Å². The first-order valence-corrected chi connectivity index (χ1v) is 6.62. The molecule has 2 nitrogen and oxygen atoms in total. The van der Waals surface area contributed by atoms with Crippen molar-refractivity contribution in [1.82, 2.24) is 0 Å². The monoisotopic (exact) mass is 314 g/mol. The molecule has 0 aliphatic carbocycles. The summed E-state index contributed by atoms with van der Waals surface area (Å²) in [6.45, 7) is 5.61. The fourth-order valence-corrected chi connectivity index (χ4v) is 2.11. The smallest absolute Gasteiger partial charge is 0.333 e. The average molecular weight is 315 g/mol. The van der Waals surface area contributed by atoms with Crippen LogP contribution in [-0.2, 0) is 9.53 Å². The van der Waals surface area contributed by atoms with E-state index in [2.05, 4.69) is 15.9 Å². The Balaban J connectivity index is 3.28. The van der Waals surface area contributed by atoms with Gasteiger partial charge in [0, 0.05) is 15.6 Å². The van der Waals surface area contributed by atoms with Crippen LogP contribution in [0.4, 0.5) is 4.39 Å². The molecule has 0 aromatic heterocycles. The van der Waals surface area contributed by atoms with Crippen LogP contribution in [0, 0.1) is 5.82 Å². The van der Waals surface area contributed by atoms with Crippen LogP contribution in [0.3, 0.4) is 0 Å². The number of ether oxygens (including phenoxy) is 1. The molecule has 0 atom stereocenters. The van der Waals surface area contributed by atoms with E-state index >= 15 is 0 Å². The van der Waals surface area contributed by atoms with E-state index in [0.717, 1.165) is 4.47 Å². The second kappa shape index (κ2) is 6.69. The Kier molecular flexibility index (Phi) is 5.54. The normalized spacial score (nSPS) is 12.1. The summed E-state index contributed by atoms with van der Waals surface area (Å²) >= 11 is 3.31. The van der Waals surface area contributed by atoms with Gasteiger partial charge in [0.15, 0.2) is 0 Å². The number of esters is 1. The van der Waals surface area contributed by atoms with E-state index in [-0.39, 0.29) is 5.82 Å². The summed E-state index contributed by atoms with van der Waals surface area (Å²) < 4.78 is 19.5. The zero-order valence-electron chi connectivity index (χ0n) is 10.7. The molecule has 1 aromatic rings. The Labute approximate surface area is 115 Å². The van der Waals surface area contributed by atoms with Crippen LogP contribution in [-0.4, -0.2) is 12.6 Å². The second-order valence-electron chi connectivity index (χ2n) is 3.80. The minimum atomic E-state index is -0.395. The first-order chi connectivity index (χ1) is 8.51. The van der Waals surface area contributed by atoms with Crippen molar-refractivity contribution in [2.45, 2.75) is 27.2 Å². The van der Waals surface area contributed by atoms with Gasteiger partial charge in [-0.25, -0.2) is 9.18 Å². The molecular weight excluding hydrogens is 299 g/mol. The first kappa shape index (κ1) is 14.9. The molecule has 98 valence electrons. The van der Waals surface area contributed by atoms with Gasteiger partial charge in [0.1, 0.15) is 5.82 Å². The molecule has 0 spiro atoms. The number of hydrogen-bond donors (Lipinski definition) is 0. The molecule has 0 heterocycles. The van der Waals surface area contributed by atoms with Gasteiger partial charge < -0.3 is 4.74 Å². The molecule has 4 heteroatoms. The third kappa shape index (κ3) is 3.42. The van der Waals surface area contributed by atoms with Crippen LogP contribution in [0.2, 0.25) is 0 Å². The summed E-state index contributed by atoms with van der Waals surface area (Å²) in [7, 11) is 0. The SMILES string of the molecule is CCOC(=O)/C(C)=C(/CC)c1cc(Br)ccc1F. The van der Waals surface area contributed by atoms with Crippen LogP contribution >= 0.6 is 15.9 Å². The molecule has 0 saturated heterocycles. The highest BCUT2D eigenvalue weighted by atomic mass is 79.9.